The second kappa shape index (κ2) is 6.42. The van der Waals surface area contributed by atoms with E-state index in [2.05, 4.69) is 0 Å². The smallest absolute Gasteiger partial charge is 0.343 e. The summed E-state index contributed by atoms with van der Waals surface area (Å²) in [5.74, 6) is -1.59. The number of ether oxygens (including phenoxy) is 7. The zero-order chi connectivity index (χ0) is 19.4. The fourth-order valence-corrected chi connectivity index (χ4v) is 3.67. The molecule has 0 aromatic heterocycles. The maximum absolute atomic E-state index is 12.9. The number of hydrogen-bond acceptors (Lipinski definition) is 8. The van der Waals surface area contributed by atoms with Crippen molar-refractivity contribution in [2.24, 2.45) is 0 Å². The van der Waals surface area contributed by atoms with E-state index < -0.39 is 48.2 Å². The normalized spacial score (nSPS) is 36.0. The van der Waals surface area contributed by atoms with Crippen molar-refractivity contribution in [1.29, 1.82) is 0 Å². The van der Waals surface area contributed by atoms with Crippen molar-refractivity contribution in [3.63, 3.8) is 0 Å². The Bertz CT molecular complexity index is 730. The minimum atomic E-state index is -1.03. The number of methoxy groups -OCH3 is 1. The first-order chi connectivity index (χ1) is 12.7. The molecule has 3 aliphatic heterocycles. The molecule has 3 saturated heterocycles. The highest BCUT2D eigenvalue weighted by atomic mass is 16.9. The van der Waals surface area contributed by atoms with Crippen LogP contribution in [0.15, 0.2) is 24.3 Å². The first kappa shape index (κ1) is 18.6. The summed E-state index contributed by atoms with van der Waals surface area (Å²) in [4.78, 5) is 12.9. The summed E-state index contributed by atoms with van der Waals surface area (Å²) < 4.78 is 40.3. The fraction of sp³-hybridized carbons (Fsp3) is 0.632. The zero-order valence-electron chi connectivity index (χ0n) is 16.0. The minimum Gasteiger partial charge on any atom is -0.493 e. The molecule has 8 nitrogen and oxygen atoms in total. The SMILES string of the molecule is COc1ccccc1OC(=O)[C@@H]1O[C@H]2OC(C)(C)O[C@@H]2[C@@H]2OC(C)(C)O[C@@H]21. The van der Waals surface area contributed by atoms with Gasteiger partial charge >= 0.3 is 5.97 Å². The molecule has 1 aromatic carbocycles. The van der Waals surface area contributed by atoms with Crippen LogP contribution < -0.4 is 9.47 Å². The van der Waals surface area contributed by atoms with Gasteiger partial charge in [0.2, 0.25) is 0 Å². The molecule has 0 radical (unpaired) electrons. The van der Waals surface area contributed by atoms with Gasteiger partial charge in [0.1, 0.15) is 18.3 Å². The summed E-state index contributed by atoms with van der Waals surface area (Å²) >= 11 is 0. The largest absolute Gasteiger partial charge is 0.493 e. The number of carbonyl (C=O) groups is 1. The molecule has 0 saturated carbocycles. The minimum absolute atomic E-state index is 0.300. The fourth-order valence-electron chi connectivity index (χ4n) is 3.67. The van der Waals surface area contributed by atoms with Crippen LogP contribution in [0.1, 0.15) is 27.7 Å². The lowest BCUT2D eigenvalue weighted by Crippen LogP contribution is -2.58. The number of para-hydroxylation sites is 2. The number of rotatable bonds is 3. The summed E-state index contributed by atoms with van der Waals surface area (Å²) in [5.41, 5.74) is 0. The molecule has 4 rings (SSSR count). The molecule has 0 N–H and O–H groups in total. The molecular weight excluding hydrogens is 356 g/mol. The van der Waals surface area contributed by atoms with Gasteiger partial charge in [-0.2, -0.15) is 0 Å². The van der Waals surface area contributed by atoms with Gasteiger partial charge in [0.25, 0.3) is 0 Å². The standard InChI is InChI=1S/C19H24O8/c1-18(2)24-12-13(25-18)15-17(27-19(3,4)26-15)23-14(12)16(20)22-11-9-7-6-8-10(11)21-5/h6-9,12-15,17H,1-5H3/t12-,13+,14+,15+,17-/m0/s1. The van der Waals surface area contributed by atoms with Gasteiger partial charge in [0.15, 0.2) is 35.5 Å². The van der Waals surface area contributed by atoms with E-state index in [-0.39, 0.29) is 0 Å². The quantitative estimate of drug-likeness (QED) is 0.582. The third-order valence-corrected chi connectivity index (χ3v) is 4.67. The van der Waals surface area contributed by atoms with Crippen molar-refractivity contribution >= 4 is 5.97 Å². The molecule has 5 atom stereocenters. The van der Waals surface area contributed by atoms with Crippen LogP contribution in [0.3, 0.4) is 0 Å². The Hall–Kier alpha value is -1.71. The molecule has 148 valence electrons. The Morgan fingerprint density at radius 1 is 0.889 bits per heavy atom. The molecule has 3 heterocycles. The number of carbonyl (C=O) groups excluding carboxylic acids is 1. The van der Waals surface area contributed by atoms with E-state index in [9.17, 15) is 4.79 Å². The van der Waals surface area contributed by atoms with Gasteiger partial charge in [-0.3, -0.25) is 0 Å². The van der Waals surface area contributed by atoms with Gasteiger partial charge in [-0.1, -0.05) is 12.1 Å². The van der Waals surface area contributed by atoms with Crippen LogP contribution in [-0.4, -0.2) is 55.4 Å². The zero-order valence-corrected chi connectivity index (χ0v) is 16.0. The molecule has 8 heteroatoms. The Morgan fingerprint density at radius 3 is 2.19 bits per heavy atom. The third-order valence-electron chi connectivity index (χ3n) is 4.67. The summed E-state index contributed by atoms with van der Waals surface area (Å²) in [7, 11) is 1.51. The maximum Gasteiger partial charge on any atom is 0.343 e. The summed E-state index contributed by atoms with van der Waals surface area (Å²) in [6.07, 6.45) is -3.48. The summed E-state index contributed by atoms with van der Waals surface area (Å²) in [5, 5.41) is 0. The predicted molar refractivity (Wildman–Crippen MR) is 91.2 cm³/mol. The van der Waals surface area contributed by atoms with Crippen LogP contribution in [0.5, 0.6) is 11.5 Å². The number of esters is 1. The van der Waals surface area contributed by atoms with E-state index in [1.807, 2.05) is 0 Å². The molecule has 0 aliphatic carbocycles. The Labute approximate surface area is 157 Å². The topological polar surface area (TPSA) is 81.7 Å². The van der Waals surface area contributed by atoms with E-state index in [1.165, 1.54) is 7.11 Å². The Balaban J connectivity index is 1.59. The maximum atomic E-state index is 12.9. The molecular formula is C19H24O8. The van der Waals surface area contributed by atoms with Crippen LogP contribution in [0.25, 0.3) is 0 Å². The second-order valence-electron chi connectivity index (χ2n) is 7.66. The number of fused-ring (bicyclic) bond motifs is 3. The van der Waals surface area contributed by atoms with E-state index >= 15 is 0 Å². The van der Waals surface area contributed by atoms with Crippen LogP contribution in [0.4, 0.5) is 0 Å². The Morgan fingerprint density at radius 2 is 1.48 bits per heavy atom. The Kier molecular flexibility index (Phi) is 4.44. The van der Waals surface area contributed by atoms with Crippen LogP contribution in [-0.2, 0) is 28.5 Å². The van der Waals surface area contributed by atoms with Crippen molar-refractivity contribution in [2.45, 2.75) is 70.0 Å². The average molecular weight is 380 g/mol. The third kappa shape index (κ3) is 3.43. The second-order valence-corrected chi connectivity index (χ2v) is 7.66. The van der Waals surface area contributed by atoms with Crippen molar-refractivity contribution in [3.8, 4) is 11.5 Å². The molecule has 3 fully saturated rings. The van der Waals surface area contributed by atoms with Crippen molar-refractivity contribution < 1.29 is 38.0 Å². The van der Waals surface area contributed by atoms with Crippen molar-refractivity contribution in [2.75, 3.05) is 7.11 Å². The van der Waals surface area contributed by atoms with Crippen LogP contribution >= 0.6 is 0 Å². The molecule has 0 bridgehead atoms. The highest BCUT2D eigenvalue weighted by Crippen LogP contribution is 2.44. The molecule has 1 aromatic rings. The van der Waals surface area contributed by atoms with Gasteiger partial charge in [-0.05, 0) is 39.8 Å². The van der Waals surface area contributed by atoms with E-state index in [0.29, 0.717) is 11.5 Å². The lowest BCUT2D eigenvalue weighted by Gasteiger charge is -2.35. The summed E-state index contributed by atoms with van der Waals surface area (Å²) in [6, 6.07) is 6.89. The lowest BCUT2D eigenvalue weighted by molar-refractivity contribution is -0.236. The van der Waals surface area contributed by atoms with E-state index in [1.54, 1.807) is 52.0 Å². The predicted octanol–water partition coefficient (Wildman–Crippen LogP) is 2.00. The molecule has 0 amide bonds. The summed E-state index contributed by atoms with van der Waals surface area (Å²) in [6.45, 7) is 7.13. The van der Waals surface area contributed by atoms with Crippen LogP contribution in [0, 0.1) is 0 Å². The highest BCUT2D eigenvalue weighted by molar-refractivity contribution is 5.79. The molecule has 27 heavy (non-hydrogen) atoms. The monoisotopic (exact) mass is 380 g/mol. The molecule has 3 aliphatic rings. The number of benzene rings is 1. The van der Waals surface area contributed by atoms with Crippen molar-refractivity contribution in [1.82, 2.24) is 0 Å². The van der Waals surface area contributed by atoms with E-state index in [4.69, 9.17) is 33.2 Å². The molecule has 0 unspecified atom stereocenters. The first-order valence-corrected chi connectivity index (χ1v) is 8.90. The van der Waals surface area contributed by atoms with Gasteiger partial charge in [-0.25, -0.2) is 4.79 Å². The highest BCUT2D eigenvalue weighted by Gasteiger charge is 2.62. The van der Waals surface area contributed by atoms with Gasteiger partial charge in [0.05, 0.1) is 7.11 Å². The van der Waals surface area contributed by atoms with Gasteiger partial charge in [0, 0.05) is 0 Å². The van der Waals surface area contributed by atoms with E-state index in [0.717, 1.165) is 0 Å². The van der Waals surface area contributed by atoms with Crippen molar-refractivity contribution in [3.05, 3.63) is 24.3 Å². The number of hydrogen-bond donors (Lipinski definition) is 0. The first-order valence-electron chi connectivity index (χ1n) is 8.90. The van der Waals surface area contributed by atoms with Gasteiger partial charge in [-0.15, -0.1) is 0 Å². The molecule has 0 spiro atoms. The average Bonchev–Trinajstić information content (AvgIpc) is 3.08. The lowest BCUT2D eigenvalue weighted by atomic mass is 9.99. The van der Waals surface area contributed by atoms with Gasteiger partial charge < -0.3 is 33.2 Å². The van der Waals surface area contributed by atoms with Crippen LogP contribution in [0.2, 0.25) is 0 Å².